The zero-order valence-corrected chi connectivity index (χ0v) is 11.6. The Hall–Kier alpha value is -2.14. The van der Waals surface area contributed by atoms with E-state index in [1.807, 2.05) is 25.1 Å². The second-order valence-electron chi connectivity index (χ2n) is 4.72. The van der Waals surface area contributed by atoms with Gasteiger partial charge in [-0.1, -0.05) is 30.3 Å². The van der Waals surface area contributed by atoms with Gasteiger partial charge in [0.2, 0.25) is 0 Å². The standard InChI is InChI=1S/C15H18N2O3/c1-3-16-9-11(2)14(19)17(15(16)20)10-13(18)12-7-5-4-6-8-12/h4-9,13,18H,3,10H2,1-2H3. The molecule has 5 nitrogen and oxygen atoms in total. The molecule has 2 rings (SSSR count). The number of aromatic nitrogens is 2. The zero-order chi connectivity index (χ0) is 14.7. The summed E-state index contributed by atoms with van der Waals surface area (Å²) in [4.78, 5) is 24.2. The predicted molar refractivity (Wildman–Crippen MR) is 76.8 cm³/mol. The lowest BCUT2D eigenvalue weighted by Crippen LogP contribution is -2.41. The summed E-state index contributed by atoms with van der Waals surface area (Å²) < 4.78 is 2.56. The van der Waals surface area contributed by atoms with Gasteiger partial charge < -0.3 is 9.67 Å². The van der Waals surface area contributed by atoms with Gasteiger partial charge in [0, 0.05) is 18.3 Å². The zero-order valence-electron chi connectivity index (χ0n) is 11.6. The molecule has 0 aliphatic rings. The molecule has 5 heteroatoms. The number of aryl methyl sites for hydroxylation is 2. The van der Waals surface area contributed by atoms with E-state index in [0.717, 1.165) is 4.57 Å². The van der Waals surface area contributed by atoms with Crippen LogP contribution in [0.4, 0.5) is 0 Å². The number of hydrogen-bond acceptors (Lipinski definition) is 3. The van der Waals surface area contributed by atoms with Gasteiger partial charge in [0.25, 0.3) is 5.56 Å². The highest BCUT2D eigenvalue weighted by atomic mass is 16.3. The first-order valence-electron chi connectivity index (χ1n) is 6.58. The summed E-state index contributed by atoms with van der Waals surface area (Å²) in [7, 11) is 0. The van der Waals surface area contributed by atoms with Crippen LogP contribution < -0.4 is 11.2 Å². The molecule has 0 spiro atoms. The topological polar surface area (TPSA) is 64.2 Å². The first kappa shape index (κ1) is 14.3. The third-order valence-corrected chi connectivity index (χ3v) is 3.29. The molecule has 0 amide bonds. The molecule has 1 atom stereocenters. The molecule has 1 aromatic carbocycles. The molecule has 1 unspecified atom stereocenters. The van der Waals surface area contributed by atoms with Crippen LogP contribution in [0.2, 0.25) is 0 Å². The Balaban J connectivity index is 2.42. The summed E-state index contributed by atoms with van der Waals surface area (Å²) in [5.74, 6) is 0. The summed E-state index contributed by atoms with van der Waals surface area (Å²) in [6, 6.07) is 9.00. The fraction of sp³-hybridized carbons (Fsp3) is 0.333. The van der Waals surface area contributed by atoms with Gasteiger partial charge in [-0.25, -0.2) is 4.79 Å². The Morgan fingerprint density at radius 2 is 1.85 bits per heavy atom. The number of rotatable bonds is 4. The quantitative estimate of drug-likeness (QED) is 0.907. The summed E-state index contributed by atoms with van der Waals surface area (Å²) in [5.41, 5.74) is 0.433. The van der Waals surface area contributed by atoms with Crippen molar-refractivity contribution >= 4 is 0 Å². The Labute approximate surface area is 116 Å². The minimum atomic E-state index is -0.881. The number of hydrogen-bond donors (Lipinski definition) is 1. The Morgan fingerprint density at radius 1 is 1.20 bits per heavy atom. The number of benzene rings is 1. The largest absolute Gasteiger partial charge is 0.387 e. The molecular weight excluding hydrogens is 256 g/mol. The van der Waals surface area contributed by atoms with Crippen LogP contribution in [-0.4, -0.2) is 14.2 Å². The first-order valence-corrected chi connectivity index (χ1v) is 6.58. The number of nitrogens with zero attached hydrogens (tertiary/aromatic N) is 2. The second-order valence-corrected chi connectivity index (χ2v) is 4.72. The molecule has 0 saturated carbocycles. The molecule has 20 heavy (non-hydrogen) atoms. The van der Waals surface area contributed by atoms with E-state index in [1.54, 1.807) is 25.3 Å². The Kier molecular flexibility index (Phi) is 4.20. The van der Waals surface area contributed by atoms with Crippen LogP contribution in [0.1, 0.15) is 24.2 Å². The molecule has 1 N–H and O–H groups in total. The minimum Gasteiger partial charge on any atom is -0.387 e. The van der Waals surface area contributed by atoms with Crippen LogP contribution in [0, 0.1) is 6.92 Å². The molecule has 0 aliphatic carbocycles. The van der Waals surface area contributed by atoms with Gasteiger partial charge in [-0.05, 0) is 19.4 Å². The van der Waals surface area contributed by atoms with Gasteiger partial charge in [0.15, 0.2) is 0 Å². The molecule has 2 aromatic rings. The average Bonchev–Trinajstić information content (AvgIpc) is 2.48. The highest BCUT2D eigenvalue weighted by Crippen LogP contribution is 2.12. The third kappa shape index (κ3) is 2.72. The third-order valence-electron chi connectivity index (χ3n) is 3.29. The van der Waals surface area contributed by atoms with Gasteiger partial charge >= 0.3 is 5.69 Å². The van der Waals surface area contributed by atoms with E-state index in [2.05, 4.69) is 0 Å². The maximum atomic E-state index is 12.2. The Morgan fingerprint density at radius 3 is 2.45 bits per heavy atom. The second kappa shape index (κ2) is 5.88. The molecule has 106 valence electrons. The van der Waals surface area contributed by atoms with E-state index in [-0.39, 0.29) is 12.1 Å². The van der Waals surface area contributed by atoms with Crippen LogP contribution in [0.15, 0.2) is 46.1 Å². The lowest BCUT2D eigenvalue weighted by Gasteiger charge is -2.14. The van der Waals surface area contributed by atoms with Crippen LogP contribution in [0.25, 0.3) is 0 Å². The van der Waals surface area contributed by atoms with Crippen LogP contribution in [-0.2, 0) is 13.1 Å². The molecule has 0 radical (unpaired) electrons. The fourth-order valence-corrected chi connectivity index (χ4v) is 2.14. The monoisotopic (exact) mass is 274 g/mol. The van der Waals surface area contributed by atoms with Gasteiger partial charge in [-0.3, -0.25) is 9.36 Å². The molecular formula is C15H18N2O3. The van der Waals surface area contributed by atoms with Crippen molar-refractivity contribution in [1.82, 2.24) is 9.13 Å². The van der Waals surface area contributed by atoms with E-state index in [1.165, 1.54) is 4.57 Å². The van der Waals surface area contributed by atoms with Crippen molar-refractivity contribution in [1.29, 1.82) is 0 Å². The van der Waals surface area contributed by atoms with Gasteiger partial charge in [0.1, 0.15) is 0 Å². The van der Waals surface area contributed by atoms with Gasteiger partial charge in [-0.15, -0.1) is 0 Å². The smallest absolute Gasteiger partial charge is 0.331 e. The highest BCUT2D eigenvalue weighted by Gasteiger charge is 2.13. The lowest BCUT2D eigenvalue weighted by atomic mass is 10.1. The SMILES string of the molecule is CCn1cc(C)c(=O)n(CC(O)c2ccccc2)c1=O. The van der Waals surface area contributed by atoms with E-state index in [9.17, 15) is 14.7 Å². The molecule has 0 fully saturated rings. The van der Waals surface area contributed by atoms with Gasteiger partial charge in [-0.2, -0.15) is 0 Å². The van der Waals surface area contributed by atoms with Crippen molar-refractivity contribution in [3.8, 4) is 0 Å². The number of aliphatic hydroxyl groups is 1. The highest BCUT2D eigenvalue weighted by molar-refractivity contribution is 5.17. The van der Waals surface area contributed by atoms with Crippen LogP contribution in [0.5, 0.6) is 0 Å². The van der Waals surface area contributed by atoms with Crippen molar-refractivity contribution in [2.45, 2.75) is 33.0 Å². The van der Waals surface area contributed by atoms with Crippen molar-refractivity contribution in [2.24, 2.45) is 0 Å². The predicted octanol–water partition coefficient (Wildman–Crippen LogP) is 1.07. The van der Waals surface area contributed by atoms with Crippen LogP contribution >= 0.6 is 0 Å². The van der Waals surface area contributed by atoms with E-state index in [4.69, 9.17) is 0 Å². The van der Waals surface area contributed by atoms with Crippen LogP contribution in [0.3, 0.4) is 0 Å². The maximum absolute atomic E-state index is 12.2. The summed E-state index contributed by atoms with van der Waals surface area (Å²) >= 11 is 0. The maximum Gasteiger partial charge on any atom is 0.331 e. The molecule has 0 bridgehead atoms. The minimum absolute atomic E-state index is 0.0383. The average molecular weight is 274 g/mol. The van der Waals surface area contributed by atoms with Gasteiger partial charge in [0.05, 0.1) is 12.6 Å². The summed E-state index contributed by atoms with van der Waals surface area (Å²) in [6.45, 7) is 3.95. The van der Waals surface area contributed by atoms with E-state index < -0.39 is 11.8 Å². The lowest BCUT2D eigenvalue weighted by molar-refractivity contribution is 0.152. The molecule has 1 heterocycles. The van der Waals surface area contributed by atoms with E-state index >= 15 is 0 Å². The summed E-state index contributed by atoms with van der Waals surface area (Å²) in [5, 5.41) is 10.2. The normalized spacial score (nSPS) is 12.3. The van der Waals surface area contributed by atoms with Crippen molar-refractivity contribution in [3.05, 3.63) is 68.5 Å². The molecule has 0 aliphatic heterocycles. The molecule has 0 saturated heterocycles. The molecule has 1 aromatic heterocycles. The Bertz CT molecular complexity index is 701. The van der Waals surface area contributed by atoms with Crippen molar-refractivity contribution < 1.29 is 5.11 Å². The fourth-order valence-electron chi connectivity index (χ4n) is 2.14. The summed E-state index contributed by atoms with van der Waals surface area (Å²) in [6.07, 6.45) is 0.671. The first-order chi connectivity index (χ1) is 9.54. The van der Waals surface area contributed by atoms with Crippen molar-refractivity contribution in [3.63, 3.8) is 0 Å². The van der Waals surface area contributed by atoms with E-state index in [0.29, 0.717) is 17.7 Å². The van der Waals surface area contributed by atoms with Crippen molar-refractivity contribution in [2.75, 3.05) is 0 Å². The number of aliphatic hydroxyl groups excluding tert-OH is 1.